The molecule has 0 radical (unpaired) electrons. The summed E-state index contributed by atoms with van der Waals surface area (Å²) in [7, 11) is 0. The molecule has 0 saturated carbocycles. The van der Waals surface area contributed by atoms with E-state index in [2.05, 4.69) is 15.3 Å². The first-order valence-electron chi connectivity index (χ1n) is 8.47. The second-order valence-electron chi connectivity index (χ2n) is 5.96. The van der Waals surface area contributed by atoms with Gasteiger partial charge in [-0.3, -0.25) is 0 Å². The lowest BCUT2D eigenvalue weighted by molar-refractivity contribution is 0.0523. The molecule has 0 aliphatic heterocycles. The third kappa shape index (κ3) is 4.92. The van der Waals surface area contributed by atoms with Crippen LogP contribution in [0.25, 0.3) is 0 Å². The summed E-state index contributed by atoms with van der Waals surface area (Å²) in [6.07, 6.45) is 1.73. The molecule has 0 atom stereocenters. The molecule has 2 N–H and O–H groups in total. The lowest BCUT2D eigenvalue weighted by atomic mass is 10.1. The Morgan fingerprint density at radius 3 is 2.48 bits per heavy atom. The van der Waals surface area contributed by atoms with Crippen LogP contribution in [-0.4, -0.2) is 34.2 Å². The Morgan fingerprint density at radius 1 is 1.20 bits per heavy atom. The number of aromatic nitrogens is 2. The van der Waals surface area contributed by atoms with E-state index in [1.807, 2.05) is 19.1 Å². The molecular weight excluding hydrogens is 318 g/mol. The Bertz CT molecular complexity index is 737. The second-order valence-corrected chi connectivity index (χ2v) is 5.96. The van der Waals surface area contributed by atoms with Crippen molar-refractivity contribution in [2.75, 3.05) is 18.5 Å². The fourth-order valence-corrected chi connectivity index (χ4v) is 2.60. The van der Waals surface area contributed by atoms with Crippen molar-refractivity contribution in [2.24, 2.45) is 0 Å². The topological polar surface area (TPSA) is 84.3 Å². The smallest absolute Gasteiger partial charge is 0.341 e. The molecule has 0 aliphatic carbocycles. The number of nitrogens with one attached hydrogen (secondary N) is 1. The fourth-order valence-electron chi connectivity index (χ4n) is 2.60. The maximum Gasteiger partial charge on any atom is 0.341 e. The largest absolute Gasteiger partial charge is 0.508 e. The lowest BCUT2D eigenvalue weighted by Crippen LogP contribution is -2.14. The van der Waals surface area contributed by atoms with Crippen molar-refractivity contribution in [3.8, 4) is 5.75 Å². The number of phenolic OH excluding ortho intramolecular Hbond substituents is 1. The summed E-state index contributed by atoms with van der Waals surface area (Å²) < 4.78 is 5.04. The Hall–Kier alpha value is -2.63. The number of phenols is 1. The van der Waals surface area contributed by atoms with Crippen LogP contribution in [0.1, 0.15) is 46.2 Å². The number of benzene rings is 1. The minimum atomic E-state index is -0.386. The molecule has 2 rings (SSSR count). The zero-order chi connectivity index (χ0) is 18.4. The molecule has 0 saturated heterocycles. The first-order chi connectivity index (χ1) is 11.9. The molecule has 6 heteroatoms. The molecule has 0 bridgehead atoms. The summed E-state index contributed by atoms with van der Waals surface area (Å²) in [5.41, 5.74) is 3.62. The van der Waals surface area contributed by atoms with Gasteiger partial charge < -0.3 is 15.2 Å². The van der Waals surface area contributed by atoms with Gasteiger partial charge in [0.15, 0.2) is 0 Å². The number of aryl methyl sites for hydroxylation is 4. The van der Waals surface area contributed by atoms with Crippen LogP contribution in [0.2, 0.25) is 0 Å². The first kappa shape index (κ1) is 18.7. The second kappa shape index (κ2) is 8.46. The van der Waals surface area contributed by atoms with Gasteiger partial charge in [-0.25, -0.2) is 14.8 Å². The number of hydrogen-bond donors (Lipinski definition) is 2. The van der Waals surface area contributed by atoms with Crippen molar-refractivity contribution in [2.45, 2.75) is 40.5 Å². The van der Waals surface area contributed by atoms with Gasteiger partial charge in [0, 0.05) is 6.54 Å². The third-order valence-corrected chi connectivity index (χ3v) is 3.95. The fraction of sp³-hybridized carbons (Fsp3) is 0.421. The van der Waals surface area contributed by atoms with Gasteiger partial charge in [-0.1, -0.05) is 12.1 Å². The van der Waals surface area contributed by atoms with E-state index in [-0.39, 0.29) is 5.97 Å². The van der Waals surface area contributed by atoms with Crippen molar-refractivity contribution in [3.05, 3.63) is 46.3 Å². The third-order valence-electron chi connectivity index (χ3n) is 3.95. The van der Waals surface area contributed by atoms with Crippen molar-refractivity contribution < 1.29 is 14.6 Å². The minimum absolute atomic E-state index is 0.326. The van der Waals surface area contributed by atoms with Gasteiger partial charge in [-0.2, -0.15) is 0 Å². The highest BCUT2D eigenvalue weighted by atomic mass is 16.5. The number of hydrogen-bond acceptors (Lipinski definition) is 6. The Kier molecular flexibility index (Phi) is 6.33. The molecule has 6 nitrogen and oxygen atoms in total. The van der Waals surface area contributed by atoms with Crippen LogP contribution in [0.3, 0.4) is 0 Å². The number of ether oxygens (including phenoxy) is 1. The van der Waals surface area contributed by atoms with Crippen molar-refractivity contribution in [1.29, 1.82) is 0 Å². The first-order valence-corrected chi connectivity index (χ1v) is 8.47. The molecular formula is C19H25N3O3. The van der Waals surface area contributed by atoms with E-state index in [0.29, 0.717) is 41.8 Å². The molecule has 1 aromatic heterocycles. The standard InChI is InChI=1S/C19H25N3O3/c1-5-25-18(24)17-13(3)21-19(22-14(17)4)20-10-6-7-15-9-8-12(2)16(23)11-15/h8-9,11,23H,5-7,10H2,1-4H3,(H,20,21,22). The Morgan fingerprint density at radius 2 is 1.88 bits per heavy atom. The monoisotopic (exact) mass is 343 g/mol. The van der Waals surface area contributed by atoms with Gasteiger partial charge in [0.05, 0.1) is 18.0 Å². The van der Waals surface area contributed by atoms with Gasteiger partial charge in [0.25, 0.3) is 0 Å². The highest BCUT2D eigenvalue weighted by Crippen LogP contribution is 2.18. The zero-order valence-corrected chi connectivity index (χ0v) is 15.2. The average molecular weight is 343 g/mol. The molecule has 0 spiro atoms. The van der Waals surface area contributed by atoms with Crippen molar-refractivity contribution >= 4 is 11.9 Å². The number of nitrogens with zero attached hydrogens (tertiary/aromatic N) is 2. The number of carbonyl (C=O) groups is 1. The number of rotatable bonds is 7. The van der Waals surface area contributed by atoms with Crippen LogP contribution in [0.4, 0.5) is 5.95 Å². The van der Waals surface area contributed by atoms with E-state index in [1.54, 1.807) is 26.8 Å². The minimum Gasteiger partial charge on any atom is -0.508 e. The number of aromatic hydroxyl groups is 1. The highest BCUT2D eigenvalue weighted by Gasteiger charge is 2.16. The van der Waals surface area contributed by atoms with Crippen molar-refractivity contribution in [3.63, 3.8) is 0 Å². The van der Waals surface area contributed by atoms with E-state index in [1.165, 1.54) is 0 Å². The molecule has 1 heterocycles. The molecule has 2 aromatic rings. The molecule has 0 aliphatic rings. The van der Waals surface area contributed by atoms with Gasteiger partial charge >= 0.3 is 5.97 Å². The summed E-state index contributed by atoms with van der Waals surface area (Å²) in [5.74, 6) is 0.452. The quantitative estimate of drug-likeness (QED) is 0.592. The van der Waals surface area contributed by atoms with Crippen LogP contribution < -0.4 is 5.32 Å². The molecule has 25 heavy (non-hydrogen) atoms. The van der Waals surface area contributed by atoms with Crippen LogP contribution in [0, 0.1) is 20.8 Å². The molecule has 1 aromatic carbocycles. The van der Waals surface area contributed by atoms with Crippen LogP contribution in [0.5, 0.6) is 5.75 Å². The van der Waals surface area contributed by atoms with Crippen LogP contribution in [0.15, 0.2) is 18.2 Å². The molecule has 0 amide bonds. The number of anilines is 1. The Labute approximate surface area is 148 Å². The summed E-state index contributed by atoms with van der Waals surface area (Å²) >= 11 is 0. The van der Waals surface area contributed by atoms with E-state index >= 15 is 0 Å². The van der Waals surface area contributed by atoms with Crippen LogP contribution >= 0.6 is 0 Å². The molecule has 134 valence electrons. The van der Waals surface area contributed by atoms with Crippen LogP contribution in [-0.2, 0) is 11.2 Å². The van der Waals surface area contributed by atoms with E-state index in [0.717, 1.165) is 24.0 Å². The summed E-state index contributed by atoms with van der Waals surface area (Å²) in [6.45, 7) is 8.23. The molecule has 0 fully saturated rings. The predicted octanol–water partition coefficient (Wildman–Crippen LogP) is 3.33. The van der Waals surface area contributed by atoms with Gasteiger partial charge in [-0.05, 0) is 57.7 Å². The maximum atomic E-state index is 11.9. The zero-order valence-electron chi connectivity index (χ0n) is 15.2. The summed E-state index contributed by atoms with van der Waals surface area (Å²) in [6, 6.07) is 5.74. The SMILES string of the molecule is CCOC(=O)c1c(C)nc(NCCCc2ccc(C)c(O)c2)nc1C. The van der Waals surface area contributed by atoms with Crippen molar-refractivity contribution in [1.82, 2.24) is 9.97 Å². The lowest BCUT2D eigenvalue weighted by Gasteiger charge is -2.11. The normalized spacial score (nSPS) is 10.6. The Balaban J connectivity index is 1.92. The van der Waals surface area contributed by atoms with E-state index in [4.69, 9.17) is 4.74 Å². The highest BCUT2D eigenvalue weighted by molar-refractivity contribution is 5.91. The van der Waals surface area contributed by atoms with E-state index < -0.39 is 0 Å². The molecule has 0 unspecified atom stereocenters. The maximum absolute atomic E-state index is 11.9. The van der Waals surface area contributed by atoms with Gasteiger partial charge in [0.1, 0.15) is 11.3 Å². The van der Waals surface area contributed by atoms with Gasteiger partial charge in [-0.15, -0.1) is 0 Å². The summed E-state index contributed by atoms with van der Waals surface area (Å²) in [5, 5.41) is 12.9. The average Bonchev–Trinajstić information content (AvgIpc) is 2.54. The number of esters is 1. The summed E-state index contributed by atoms with van der Waals surface area (Å²) in [4.78, 5) is 20.6. The predicted molar refractivity (Wildman–Crippen MR) is 97.1 cm³/mol. The van der Waals surface area contributed by atoms with Gasteiger partial charge in [0.2, 0.25) is 5.95 Å². The van der Waals surface area contributed by atoms with E-state index in [9.17, 15) is 9.90 Å². The number of carbonyl (C=O) groups excluding carboxylic acids is 1.